The Kier molecular flexibility index (Phi) is 19.3. The molecule has 0 aliphatic heterocycles. The molecule has 0 fully saturated rings. The van der Waals surface area contributed by atoms with Crippen molar-refractivity contribution in [2.45, 2.75) is 122 Å². The van der Waals surface area contributed by atoms with Crippen LogP contribution in [0.3, 0.4) is 0 Å². The van der Waals surface area contributed by atoms with Gasteiger partial charge in [0, 0.05) is 25.9 Å². The van der Waals surface area contributed by atoms with Crippen molar-refractivity contribution < 1.29 is 34.4 Å². The van der Waals surface area contributed by atoms with Crippen LogP contribution in [0.15, 0.2) is 97.3 Å². The maximum atomic E-state index is 14.0. The number of likely N-dealkylation sites (N-methyl/N-ethyl adjacent to an activating group) is 2. The summed E-state index contributed by atoms with van der Waals surface area (Å²) in [4.78, 5) is 38.0. The second-order valence-corrected chi connectivity index (χ2v) is 15.9. The Morgan fingerprint density at radius 2 is 1.17 bits per heavy atom. The van der Waals surface area contributed by atoms with Crippen LogP contribution in [0.2, 0.25) is 0 Å². The topological polar surface area (TPSA) is 154 Å². The molecule has 4 rings (SSSR count). The van der Waals surface area contributed by atoms with Gasteiger partial charge < -0.3 is 35.0 Å². The minimum absolute atomic E-state index is 0.0679. The second kappa shape index (κ2) is 24.3. The Balaban J connectivity index is 1.28. The predicted octanol–water partition coefficient (Wildman–Crippen LogP) is 6.51. The van der Waals surface area contributed by atoms with Crippen LogP contribution in [-0.2, 0) is 35.6 Å². The quantitative estimate of drug-likeness (QED) is 0.0553. The van der Waals surface area contributed by atoms with E-state index in [1.807, 2.05) is 91.9 Å². The lowest BCUT2D eigenvalue weighted by molar-refractivity contribution is -0.141. The predicted molar refractivity (Wildman–Crippen MR) is 226 cm³/mol. The van der Waals surface area contributed by atoms with Gasteiger partial charge in [-0.25, -0.2) is 0 Å². The molecule has 314 valence electrons. The molecular formula is C47H64N4O7. The average molecular weight is 797 g/mol. The normalized spacial score (nSPS) is 15.0. The highest BCUT2D eigenvalue weighted by Gasteiger charge is 2.33. The molecule has 0 saturated heterocycles. The molecule has 0 saturated carbocycles. The van der Waals surface area contributed by atoms with E-state index in [9.17, 15) is 24.9 Å². The van der Waals surface area contributed by atoms with Crippen molar-refractivity contribution in [1.29, 1.82) is 0 Å². The molecule has 2 heterocycles. The first-order valence-corrected chi connectivity index (χ1v) is 20.6. The van der Waals surface area contributed by atoms with E-state index in [2.05, 4.69) is 22.2 Å². The number of amides is 1. The van der Waals surface area contributed by atoms with Gasteiger partial charge in [0.2, 0.25) is 5.91 Å². The molecule has 1 amide bonds. The number of carbonyl (C=O) groups is 2. The summed E-state index contributed by atoms with van der Waals surface area (Å²) < 4.78 is 11.7. The summed E-state index contributed by atoms with van der Waals surface area (Å²) in [6, 6.07) is 25.3. The lowest BCUT2D eigenvalue weighted by Gasteiger charge is -2.33. The molecule has 4 aromatic rings. The fourth-order valence-electron chi connectivity index (χ4n) is 7.08. The molecule has 2 aromatic carbocycles. The van der Waals surface area contributed by atoms with Crippen LogP contribution < -0.4 is 14.8 Å². The van der Waals surface area contributed by atoms with Crippen LogP contribution in [0.25, 0.3) is 0 Å². The number of Topliss-reactive ketones (excluding diaryl/α,β-unsaturated/α-hetero) is 1. The van der Waals surface area contributed by atoms with Gasteiger partial charge in [0.15, 0.2) is 5.78 Å². The van der Waals surface area contributed by atoms with Crippen molar-refractivity contribution >= 4 is 11.7 Å². The number of aromatic nitrogens is 2. The van der Waals surface area contributed by atoms with Crippen molar-refractivity contribution in [2.24, 2.45) is 11.8 Å². The lowest BCUT2D eigenvalue weighted by Crippen LogP contribution is -2.51. The molecule has 0 aliphatic carbocycles. The molecule has 0 spiro atoms. The van der Waals surface area contributed by atoms with Crippen LogP contribution >= 0.6 is 0 Å². The summed E-state index contributed by atoms with van der Waals surface area (Å²) in [5.41, 5.74) is 3.55. The Bertz CT molecular complexity index is 1760. The van der Waals surface area contributed by atoms with Crippen LogP contribution in [0.5, 0.6) is 11.5 Å². The second-order valence-electron chi connectivity index (χ2n) is 15.9. The molecular weight excluding hydrogens is 733 g/mol. The third kappa shape index (κ3) is 16.3. The summed E-state index contributed by atoms with van der Waals surface area (Å²) in [6.07, 6.45) is 5.82. The molecule has 2 aromatic heterocycles. The fourth-order valence-corrected chi connectivity index (χ4v) is 7.08. The van der Waals surface area contributed by atoms with Crippen molar-refractivity contribution in [3.8, 4) is 11.5 Å². The highest BCUT2D eigenvalue weighted by Crippen LogP contribution is 2.24. The van der Waals surface area contributed by atoms with Crippen LogP contribution in [-0.4, -0.2) is 86.4 Å². The summed E-state index contributed by atoms with van der Waals surface area (Å²) >= 11 is 0. The number of rotatable bonds is 26. The van der Waals surface area contributed by atoms with Gasteiger partial charge in [-0.1, -0.05) is 50.2 Å². The number of aliphatic hydroxyl groups is 3. The maximum Gasteiger partial charge on any atom is 0.240 e. The molecule has 0 radical (unpaired) electrons. The SMILES string of the molecule is CN[C@@H](CC(C)CCC(O)Cc1ccc(OCc2ccccn2)cc1)C(=O)N(C)[C@@H](CC(C)CCC(C)O)C(=O)CC(O)Cc1ccc(OCc2ccccn2)cc1. The molecule has 7 atom stereocenters. The smallest absolute Gasteiger partial charge is 0.240 e. The Morgan fingerprint density at radius 1 is 0.672 bits per heavy atom. The van der Waals surface area contributed by atoms with Crippen LogP contribution in [0, 0.1) is 11.8 Å². The van der Waals surface area contributed by atoms with E-state index in [4.69, 9.17) is 9.47 Å². The van der Waals surface area contributed by atoms with E-state index in [1.165, 1.54) is 0 Å². The average Bonchev–Trinajstić information content (AvgIpc) is 3.22. The number of ketones is 1. The van der Waals surface area contributed by atoms with Crippen LogP contribution in [0.4, 0.5) is 0 Å². The van der Waals surface area contributed by atoms with Gasteiger partial charge in [-0.2, -0.15) is 0 Å². The largest absolute Gasteiger partial charge is 0.487 e. The van der Waals surface area contributed by atoms with Gasteiger partial charge in [0.25, 0.3) is 0 Å². The highest BCUT2D eigenvalue weighted by molar-refractivity contribution is 5.91. The van der Waals surface area contributed by atoms with E-state index >= 15 is 0 Å². The summed E-state index contributed by atoms with van der Waals surface area (Å²) in [5.74, 6) is 1.24. The highest BCUT2D eigenvalue weighted by atomic mass is 16.5. The lowest BCUT2D eigenvalue weighted by atomic mass is 9.89. The zero-order valence-corrected chi connectivity index (χ0v) is 34.9. The zero-order chi connectivity index (χ0) is 41.9. The van der Waals surface area contributed by atoms with Crippen molar-refractivity contribution in [3.05, 3.63) is 120 Å². The van der Waals surface area contributed by atoms with Gasteiger partial charge in [-0.05, 0) is 137 Å². The minimum atomic E-state index is -0.929. The number of ether oxygens (including phenoxy) is 2. The number of nitrogens with zero attached hydrogens (tertiary/aromatic N) is 3. The van der Waals surface area contributed by atoms with Crippen molar-refractivity contribution in [1.82, 2.24) is 20.2 Å². The number of nitrogens with one attached hydrogen (secondary N) is 1. The first-order chi connectivity index (χ1) is 27.9. The molecule has 11 nitrogen and oxygen atoms in total. The van der Waals surface area contributed by atoms with E-state index in [-0.39, 0.29) is 36.4 Å². The van der Waals surface area contributed by atoms with E-state index in [0.717, 1.165) is 34.7 Å². The number of pyridine rings is 2. The molecule has 58 heavy (non-hydrogen) atoms. The number of benzene rings is 2. The monoisotopic (exact) mass is 796 g/mol. The number of hydrogen-bond donors (Lipinski definition) is 4. The van der Waals surface area contributed by atoms with Gasteiger partial charge in [0.05, 0.1) is 41.8 Å². The first kappa shape index (κ1) is 46.0. The number of hydrogen-bond acceptors (Lipinski definition) is 10. The third-order valence-corrected chi connectivity index (χ3v) is 10.6. The Morgan fingerprint density at radius 3 is 1.66 bits per heavy atom. The minimum Gasteiger partial charge on any atom is -0.487 e. The Hall–Kier alpha value is -4.68. The maximum absolute atomic E-state index is 14.0. The zero-order valence-electron chi connectivity index (χ0n) is 34.9. The molecule has 0 aliphatic rings. The first-order valence-electron chi connectivity index (χ1n) is 20.6. The van der Waals surface area contributed by atoms with Crippen molar-refractivity contribution in [3.63, 3.8) is 0 Å². The third-order valence-electron chi connectivity index (χ3n) is 10.6. The van der Waals surface area contributed by atoms with Crippen LogP contribution in [0.1, 0.15) is 88.2 Å². The van der Waals surface area contributed by atoms with E-state index in [1.54, 1.807) is 38.3 Å². The Labute approximate surface area is 344 Å². The van der Waals surface area contributed by atoms with Gasteiger partial charge in [-0.3, -0.25) is 19.6 Å². The fraction of sp³-hybridized carbons (Fsp3) is 0.489. The molecule has 11 heteroatoms. The number of carbonyl (C=O) groups excluding carboxylic acids is 2. The standard InChI is InChI=1S/C47H64N4O7/c1-33(13-19-40(53)28-36-15-20-42(21-16-36)57-31-38-10-6-8-24-49-38)26-44(48-4)47(56)51(5)45(27-34(2)12-14-35(3)52)46(55)30-41(54)29-37-17-22-43(23-18-37)58-32-39-11-7-9-25-50-39/h6-11,15-18,20-25,33-35,40-41,44-45,48,52-54H,12-14,19,26-32H2,1-5H3/t33?,34?,35?,40?,41?,44-,45-/m0/s1. The summed E-state index contributed by atoms with van der Waals surface area (Å²) in [6.45, 7) is 6.59. The van der Waals surface area contributed by atoms with E-state index < -0.39 is 30.4 Å². The van der Waals surface area contributed by atoms with E-state index in [0.29, 0.717) is 57.5 Å². The summed E-state index contributed by atoms with van der Waals surface area (Å²) in [5, 5.41) is 35.0. The van der Waals surface area contributed by atoms with Gasteiger partial charge in [-0.15, -0.1) is 0 Å². The van der Waals surface area contributed by atoms with Gasteiger partial charge >= 0.3 is 0 Å². The molecule has 4 N–H and O–H groups in total. The molecule has 0 bridgehead atoms. The van der Waals surface area contributed by atoms with Crippen molar-refractivity contribution in [2.75, 3.05) is 14.1 Å². The summed E-state index contributed by atoms with van der Waals surface area (Å²) in [7, 11) is 3.43. The van der Waals surface area contributed by atoms with Gasteiger partial charge in [0.1, 0.15) is 24.7 Å². The number of aliphatic hydroxyl groups excluding tert-OH is 3. The molecule has 5 unspecified atom stereocenters.